The van der Waals surface area contributed by atoms with Crippen LogP contribution in [0.3, 0.4) is 0 Å². The maximum Gasteiger partial charge on any atom is 0.375 e. The van der Waals surface area contributed by atoms with Crippen molar-refractivity contribution in [3.63, 3.8) is 0 Å². The van der Waals surface area contributed by atoms with Gasteiger partial charge in [-0.15, -0.1) is 0 Å². The molecule has 0 radical (unpaired) electrons. The lowest BCUT2D eigenvalue weighted by atomic mass is 10.1. The SMILES string of the molecule is Cc1c(C(=O)O[C@@H](C)C(=O)Nc2cccc(F)c2)oc2c(F)cccc12. The highest BCUT2D eigenvalue weighted by Gasteiger charge is 2.25. The van der Waals surface area contributed by atoms with E-state index in [0.29, 0.717) is 10.9 Å². The summed E-state index contributed by atoms with van der Waals surface area (Å²) in [4.78, 5) is 24.4. The van der Waals surface area contributed by atoms with Crippen LogP contribution in [-0.4, -0.2) is 18.0 Å². The second-order valence-corrected chi connectivity index (χ2v) is 5.72. The number of hydrogen-bond donors (Lipinski definition) is 1. The monoisotopic (exact) mass is 359 g/mol. The molecule has 2 aromatic carbocycles. The molecule has 3 rings (SSSR count). The van der Waals surface area contributed by atoms with Crippen LogP contribution in [-0.2, 0) is 9.53 Å². The van der Waals surface area contributed by atoms with E-state index < -0.39 is 29.6 Å². The van der Waals surface area contributed by atoms with Gasteiger partial charge in [-0.2, -0.15) is 0 Å². The summed E-state index contributed by atoms with van der Waals surface area (Å²) in [5.41, 5.74) is 0.607. The fourth-order valence-corrected chi connectivity index (χ4v) is 2.48. The lowest BCUT2D eigenvalue weighted by molar-refractivity contribution is -0.123. The van der Waals surface area contributed by atoms with Crippen LogP contribution < -0.4 is 5.32 Å². The molecule has 1 heterocycles. The van der Waals surface area contributed by atoms with Crippen molar-refractivity contribution in [1.29, 1.82) is 0 Å². The third-order valence-corrected chi connectivity index (χ3v) is 3.85. The minimum Gasteiger partial charge on any atom is -0.447 e. The van der Waals surface area contributed by atoms with Gasteiger partial charge in [0, 0.05) is 16.6 Å². The number of anilines is 1. The van der Waals surface area contributed by atoms with E-state index in [4.69, 9.17) is 9.15 Å². The number of amides is 1. The van der Waals surface area contributed by atoms with Crippen molar-refractivity contribution < 1.29 is 27.5 Å². The Morgan fingerprint density at radius 2 is 1.88 bits per heavy atom. The Morgan fingerprint density at radius 1 is 1.15 bits per heavy atom. The van der Waals surface area contributed by atoms with E-state index in [9.17, 15) is 18.4 Å². The predicted molar refractivity (Wildman–Crippen MR) is 90.8 cm³/mol. The zero-order chi connectivity index (χ0) is 18.8. The molecule has 0 aliphatic rings. The average Bonchev–Trinajstić information content (AvgIpc) is 2.93. The van der Waals surface area contributed by atoms with Gasteiger partial charge in [0.05, 0.1) is 0 Å². The molecule has 1 N–H and O–H groups in total. The van der Waals surface area contributed by atoms with Crippen LogP contribution >= 0.6 is 0 Å². The molecule has 0 saturated heterocycles. The highest BCUT2D eigenvalue weighted by atomic mass is 19.1. The first kappa shape index (κ1) is 17.6. The molecule has 26 heavy (non-hydrogen) atoms. The molecule has 1 atom stereocenters. The number of hydrogen-bond acceptors (Lipinski definition) is 4. The number of para-hydroxylation sites is 1. The van der Waals surface area contributed by atoms with Gasteiger partial charge >= 0.3 is 5.97 Å². The maximum atomic E-state index is 13.8. The molecule has 0 unspecified atom stereocenters. The Hall–Kier alpha value is -3.22. The van der Waals surface area contributed by atoms with Gasteiger partial charge in [0.1, 0.15) is 5.82 Å². The number of aryl methyl sites for hydroxylation is 1. The minimum absolute atomic E-state index is 0.0474. The molecule has 0 aliphatic carbocycles. The third-order valence-electron chi connectivity index (χ3n) is 3.85. The first-order valence-corrected chi connectivity index (χ1v) is 7.82. The Bertz CT molecular complexity index is 996. The second kappa shape index (κ2) is 6.95. The quantitative estimate of drug-likeness (QED) is 0.709. The number of nitrogens with one attached hydrogen (secondary N) is 1. The van der Waals surface area contributed by atoms with Crippen molar-refractivity contribution in [2.75, 3.05) is 5.32 Å². The number of ether oxygens (including phenoxy) is 1. The van der Waals surface area contributed by atoms with Crippen molar-refractivity contribution in [3.8, 4) is 0 Å². The van der Waals surface area contributed by atoms with Gasteiger partial charge in [-0.25, -0.2) is 13.6 Å². The predicted octanol–water partition coefficient (Wildman–Crippen LogP) is 4.20. The summed E-state index contributed by atoms with van der Waals surface area (Å²) in [7, 11) is 0. The van der Waals surface area contributed by atoms with E-state index in [2.05, 4.69) is 5.32 Å². The highest BCUT2D eigenvalue weighted by Crippen LogP contribution is 2.28. The van der Waals surface area contributed by atoms with Crippen LogP contribution in [0.2, 0.25) is 0 Å². The van der Waals surface area contributed by atoms with Gasteiger partial charge in [0.15, 0.2) is 17.5 Å². The molecule has 0 aliphatic heterocycles. The smallest absolute Gasteiger partial charge is 0.375 e. The van der Waals surface area contributed by atoms with Crippen molar-refractivity contribution >= 4 is 28.5 Å². The zero-order valence-corrected chi connectivity index (χ0v) is 14.0. The normalized spacial score (nSPS) is 12.0. The molecular weight excluding hydrogens is 344 g/mol. The van der Waals surface area contributed by atoms with E-state index in [1.807, 2.05) is 0 Å². The molecule has 0 saturated carbocycles. The standard InChI is InChI=1S/C19H15F2NO4/c1-10-14-7-4-8-15(21)17(14)26-16(10)19(24)25-11(2)18(23)22-13-6-3-5-12(20)9-13/h3-9,11H,1-2H3,(H,22,23)/t11-/m0/s1. The van der Waals surface area contributed by atoms with E-state index in [0.717, 1.165) is 6.07 Å². The number of carbonyl (C=O) groups is 2. The van der Waals surface area contributed by atoms with Crippen LogP contribution in [0.25, 0.3) is 11.0 Å². The Labute approximate surface area is 147 Å². The Kier molecular flexibility index (Phi) is 4.71. The lowest BCUT2D eigenvalue weighted by Crippen LogP contribution is -2.30. The second-order valence-electron chi connectivity index (χ2n) is 5.72. The van der Waals surface area contributed by atoms with Crippen molar-refractivity contribution in [2.45, 2.75) is 20.0 Å². The first-order valence-electron chi connectivity index (χ1n) is 7.82. The molecule has 0 bridgehead atoms. The Morgan fingerprint density at radius 3 is 2.58 bits per heavy atom. The fourth-order valence-electron chi connectivity index (χ4n) is 2.48. The van der Waals surface area contributed by atoms with E-state index >= 15 is 0 Å². The number of rotatable bonds is 4. The number of halogens is 2. The summed E-state index contributed by atoms with van der Waals surface area (Å²) >= 11 is 0. The van der Waals surface area contributed by atoms with Crippen LogP contribution in [0.5, 0.6) is 0 Å². The summed E-state index contributed by atoms with van der Waals surface area (Å²) in [6.07, 6.45) is -1.16. The summed E-state index contributed by atoms with van der Waals surface area (Å²) < 4.78 is 37.3. The van der Waals surface area contributed by atoms with Crippen molar-refractivity contribution in [3.05, 3.63) is 65.4 Å². The molecule has 0 spiro atoms. The van der Waals surface area contributed by atoms with E-state index in [1.165, 1.54) is 37.3 Å². The van der Waals surface area contributed by atoms with E-state index in [-0.39, 0.29) is 17.0 Å². The van der Waals surface area contributed by atoms with Crippen LogP contribution in [0, 0.1) is 18.6 Å². The van der Waals surface area contributed by atoms with Crippen LogP contribution in [0.4, 0.5) is 14.5 Å². The minimum atomic E-state index is -1.16. The van der Waals surface area contributed by atoms with Gasteiger partial charge in [-0.1, -0.05) is 18.2 Å². The topological polar surface area (TPSA) is 68.5 Å². The number of furan rings is 1. The maximum absolute atomic E-state index is 13.8. The molecule has 5 nitrogen and oxygen atoms in total. The number of esters is 1. The summed E-state index contributed by atoms with van der Waals surface area (Å²) in [6.45, 7) is 2.96. The largest absolute Gasteiger partial charge is 0.447 e. The molecule has 0 fully saturated rings. The average molecular weight is 359 g/mol. The third kappa shape index (κ3) is 3.42. The fraction of sp³-hybridized carbons (Fsp3) is 0.158. The van der Waals surface area contributed by atoms with Gasteiger partial charge in [-0.3, -0.25) is 4.79 Å². The van der Waals surface area contributed by atoms with Gasteiger partial charge < -0.3 is 14.5 Å². The number of carbonyl (C=O) groups excluding carboxylic acids is 2. The highest BCUT2D eigenvalue weighted by molar-refractivity contribution is 5.99. The molecule has 134 valence electrons. The summed E-state index contributed by atoms with van der Waals surface area (Å²) in [5, 5.41) is 2.90. The lowest BCUT2D eigenvalue weighted by Gasteiger charge is -2.13. The number of fused-ring (bicyclic) bond motifs is 1. The first-order chi connectivity index (χ1) is 12.4. The molecular formula is C19H15F2NO4. The summed E-state index contributed by atoms with van der Waals surface area (Å²) in [5.74, 6) is -2.80. The molecule has 1 amide bonds. The molecule has 7 heteroatoms. The Balaban J connectivity index is 1.74. The van der Waals surface area contributed by atoms with Crippen molar-refractivity contribution in [1.82, 2.24) is 0 Å². The van der Waals surface area contributed by atoms with Gasteiger partial charge in [0.2, 0.25) is 5.76 Å². The van der Waals surface area contributed by atoms with Crippen LogP contribution in [0.1, 0.15) is 23.0 Å². The molecule has 3 aromatic rings. The summed E-state index contributed by atoms with van der Waals surface area (Å²) in [6, 6.07) is 9.66. The molecule has 1 aromatic heterocycles. The van der Waals surface area contributed by atoms with Crippen LogP contribution in [0.15, 0.2) is 46.9 Å². The number of benzene rings is 2. The van der Waals surface area contributed by atoms with Gasteiger partial charge in [0.25, 0.3) is 5.91 Å². The van der Waals surface area contributed by atoms with E-state index in [1.54, 1.807) is 13.0 Å². The zero-order valence-electron chi connectivity index (χ0n) is 14.0. The van der Waals surface area contributed by atoms with Gasteiger partial charge in [-0.05, 0) is 38.1 Å². The van der Waals surface area contributed by atoms with Crippen molar-refractivity contribution in [2.24, 2.45) is 0 Å².